The van der Waals surface area contributed by atoms with Gasteiger partial charge in [0.2, 0.25) is 0 Å². The fraction of sp³-hybridized carbons (Fsp3) is 0.333. The quantitative estimate of drug-likeness (QED) is 0.736. The number of hydrogen-bond donors (Lipinski definition) is 0. The Labute approximate surface area is 89.9 Å². The first-order valence-electron chi connectivity index (χ1n) is 4.97. The van der Waals surface area contributed by atoms with Gasteiger partial charge in [-0.1, -0.05) is 18.2 Å². The molecule has 0 N–H and O–H groups in total. The Morgan fingerprint density at radius 2 is 2.00 bits per heavy atom. The summed E-state index contributed by atoms with van der Waals surface area (Å²) < 4.78 is 5.12. The van der Waals surface area contributed by atoms with Gasteiger partial charge in [-0.3, -0.25) is 4.84 Å². The van der Waals surface area contributed by atoms with Gasteiger partial charge in [0.25, 0.3) is 0 Å². The SMILES string of the molecule is COc1ccc(C2=CCON(C)C2)cc1. The van der Waals surface area contributed by atoms with Crippen LogP contribution < -0.4 is 4.74 Å². The zero-order chi connectivity index (χ0) is 10.7. The van der Waals surface area contributed by atoms with E-state index in [1.54, 1.807) is 7.11 Å². The first-order chi connectivity index (χ1) is 7.29. The van der Waals surface area contributed by atoms with Crippen LogP contribution in [0, 0.1) is 0 Å². The average Bonchev–Trinajstić information content (AvgIpc) is 2.29. The van der Waals surface area contributed by atoms with Gasteiger partial charge in [0.05, 0.1) is 13.7 Å². The van der Waals surface area contributed by atoms with E-state index in [4.69, 9.17) is 9.57 Å². The van der Waals surface area contributed by atoms with Crippen molar-refractivity contribution < 1.29 is 9.57 Å². The normalized spacial score (nSPS) is 17.3. The maximum Gasteiger partial charge on any atom is 0.118 e. The van der Waals surface area contributed by atoms with E-state index in [1.165, 1.54) is 11.1 Å². The summed E-state index contributed by atoms with van der Waals surface area (Å²) in [5, 5.41) is 1.85. The van der Waals surface area contributed by atoms with Crippen LogP contribution >= 0.6 is 0 Å². The highest BCUT2D eigenvalue weighted by atomic mass is 16.7. The lowest BCUT2D eigenvalue weighted by atomic mass is 10.1. The van der Waals surface area contributed by atoms with Gasteiger partial charge in [0.15, 0.2) is 0 Å². The Kier molecular flexibility index (Phi) is 3.04. The fourth-order valence-corrected chi connectivity index (χ4v) is 1.63. The predicted octanol–water partition coefficient (Wildman–Crippen LogP) is 1.96. The van der Waals surface area contributed by atoms with Crippen molar-refractivity contribution in [1.82, 2.24) is 5.06 Å². The maximum atomic E-state index is 5.31. The maximum absolute atomic E-state index is 5.31. The zero-order valence-corrected chi connectivity index (χ0v) is 9.06. The number of methoxy groups -OCH3 is 1. The molecule has 1 aliphatic heterocycles. The summed E-state index contributed by atoms with van der Waals surface area (Å²) in [5.41, 5.74) is 2.53. The second kappa shape index (κ2) is 4.47. The summed E-state index contributed by atoms with van der Waals surface area (Å²) in [6, 6.07) is 8.10. The number of likely N-dealkylation sites (N-methyl/N-ethyl adjacent to an activating group) is 1. The van der Waals surface area contributed by atoms with E-state index in [-0.39, 0.29) is 0 Å². The molecule has 0 spiro atoms. The highest BCUT2D eigenvalue weighted by molar-refractivity contribution is 5.67. The minimum absolute atomic E-state index is 0.651. The molecule has 2 rings (SSSR count). The highest BCUT2D eigenvalue weighted by Crippen LogP contribution is 2.21. The largest absolute Gasteiger partial charge is 0.497 e. The Balaban J connectivity index is 2.18. The lowest BCUT2D eigenvalue weighted by Crippen LogP contribution is -2.25. The molecule has 1 aliphatic rings. The number of hydrogen-bond acceptors (Lipinski definition) is 3. The Hall–Kier alpha value is -1.32. The predicted molar refractivity (Wildman–Crippen MR) is 59.6 cm³/mol. The van der Waals surface area contributed by atoms with Gasteiger partial charge < -0.3 is 4.74 Å². The van der Waals surface area contributed by atoms with Crippen molar-refractivity contribution in [1.29, 1.82) is 0 Å². The van der Waals surface area contributed by atoms with E-state index in [0.717, 1.165) is 12.3 Å². The first kappa shape index (κ1) is 10.2. The Bertz CT molecular complexity index is 356. The van der Waals surface area contributed by atoms with Crippen LogP contribution in [0.25, 0.3) is 5.57 Å². The molecule has 15 heavy (non-hydrogen) atoms. The molecule has 0 unspecified atom stereocenters. The van der Waals surface area contributed by atoms with E-state index >= 15 is 0 Å². The van der Waals surface area contributed by atoms with E-state index in [2.05, 4.69) is 18.2 Å². The molecule has 3 nitrogen and oxygen atoms in total. The zero-order valence-electron chi connectivity index (χ0n) is 9.06. The summed E-state index contributed by atoms with van der Waals surface area (Å²) in [6.45, 7) is 1.48. The van der Waals surface area contributed by atoms with E-state index in [1.807, 2.05) is 24.2 Å². The molecule has 0 aromatic heterocycles. The topological polar surface area (TPSA) is 21.7 Å². The molecule has 1 heterocycles. The van der Waals surface area contributed by atoms with Gasteiger partial charge in [-0.2, -0.15) is 5.06 Å². The molecule has 0 bridgehead atoms. The minimum Gasteiger partial charge on any atom is -0.497 e. The van der Waals surface area contributed by atoms with Crippen molar-refractivity contribution in [3.63, 3.8) is 0 Å². The van der Waals surface area contributed by atoms with Crippen LogP contribution in [0.4, 0.5) is 0 Å². The third-order valence-electron chi connectivity index (χ3n) is 2.48. The third kappa shape index (κ3) is 2.37. The van der Waals surface area contributed by atoms with Crippen LogP contribution in [0.1, 0.15) is 5.56 Å². The van der Waals surface area contributed by atoms with Crippen molar-refractivity contribution in [2.45, 2.75) is 0 Å². The lowest BCUT2D eigenvalue weighted by molar-refractivity contribution is -0.122. The van der Waals surface area contributed by atoms with Crippen molar-refractivity contribution in [3.8, 4) is 5.75 Å². The molecule has 80 valence electrons. The van der Waals surface area contributed by atoms with Gasteiger partial charge in [-0.15, -0.1) is 0 Å². The molecule has 0 aliphatic carbocycles. The van der Waals surface area contributed by atoms with Gasteiger partial charge in [-0.05, 0) is 23.3 Å². The van der Waals surface area contributed by atoms with Gasteiger partial charge in [0, 0.05) is 13.6 Å². The first-order valence-corrected chi connectivity index (χ1v) is 4.97. The Morgan fingerprint density at radius 3 is 2.60 bits per heavy atom. The van der Waals surface area contributed by atoms with Crippen molar-refractivity contribution in [2.24, 2.45) is 0 Å². The number of ether oxygens (including phenoxy) is 1. The minimum atomic E-state index is 0.651. The number of hydroxylamine groups is 2. The highest BCUT2D eigenvalue weighted by Gasteiger charge is 2.10. The van der Waals surface area contributed by atoms with E-state index in [0.29, 0.717) is 6.61 Å². The molecular weight excluding hydrogens is 190 g/mol. The van der Waals surface area contributed by atoms with E-state index < -0.39 is 0 Å². The standard InChI is InChI=1S/C12H15NO2/c1-13-9-11(7-8-15-13)10-3-5-12(14-2)6-4-10/h3-7H,8-9H2,1-2H3. The number of benzene rings is 1. The van der Waals surface area contributed by atoms with Crippen LogP contribution in [0.3, 0.4) is 0 Å². The molecule has 0 saturated heterocycles. The van der Waals surface area contributed by atoms with Crippen LogP contribution in [-0.4, -0.2) is 32.4 Å². The molecular formula is C12H15NO2. The van der Waals surface area contributed by atoms with Gasteiger partial charge >= 0.3 is 0 Å². The summed E-state index contributed by atoms with van der Waals surface area (Å²) >= 11 is 0. The molecule has 0 radical (unpaired) electrons. The molecule has 1 aromatic carbocycles. The number of rotatable bonds is 2. The molecule has 0 amide bonds. The van der Waals surface area contributed by atoms with Crippen molar-refractivity contribution in [3.05, 3.63) is 35.9 Å². The number of nitrogens with zero attached hydrogens (tertiary/aromatic N) is 1. The van der Waals surface area contributed by atoms with Crippen LogP contribution in [-0.2, 0) is 4.84 Å². The molecule has 0 fully saturated rings. The molecule has 3 heteroatoms. The third-order valence-corrected chi connectivity index (χ3v) is 2.48. The van der Waals surface area contributed by atoms with Crippen molar-refractivity contribution in [2.75, 3.05) is 27.3 Å². The van der Waals surface area contributed by atoms with E-state index in [9.17, 15) is 0 Å². The lowest BCUT2D eigenvalue weighted by Gasteiger charge is -2.22. The second-order valence-corrected chi connectivity index (χ2v) is 3.54. The van der Waals surface area contributed by atoms with Crippen molar-refractivity contribution >= 4 is 5.57 Å². The van der Waals surface area contributed by atoms with Gasteiger partial charge in [0.1, 0.15) is 5.75 Å². The van der Waals surface area contributed by atoms with Crippen LogP contribution in [0.2, 0.25) is 0 Å². The summed E-state index contributed by atoms with van der Waals surface area (Å²) in [7, 11) is 3.62. The van der Waals surface area contributed by atoms with Crippen LogP contribution in [0.5, 0.6) is 5.75 Å². The summed E-state index contributed by atoms with van der Waals surface area (Å²) in [5.74, 6) is 0.889. The van der Waals surface area contributed by atoms with Gasteiger partial charge in [-0.25, -0.2) is 0 Å². The monoisotopic (exact) mass is 205 g/mol. The second-order valence-electron chi connectivity index (χ2n) is 3.54. The molecule has 1 aromatic rings. The fourth-order valence-electron chi connectivity index (χ4n) is 1.63. The molecule has 0 saturated carbocycles. The smallest absolute Gasteiger partial charge is 0.118 e. The summed E-state index contributed by atoms with van der Waals surface area (Å²) in [6.07, 6.45) is 2.11. The molecule has 0 atom stereocenters. The average molecular weight is 205 g/mol. The van der Waals surface area contributed by atoms with Crippen LogP contribution in [0.15, 0.2) is 30.3 Å². The Morgan fingerprint density at radius 1 is 1.27 bits per heavy atom. The summed E-state index contributed by atoms with van der Waals surface area (Å²) in [4.78, 5) is 5.31.